The molecule has 0 unspecified atom stereocenters. The van der Waals surface area contributed by atoms with Crippen molar-refractivity contribution in [1.29, 1.82) is 0 Å². The number of hydrogen-bond donors (Lipinski definition) is 1. The van der Waals surface area contributed by atoms with Crippen molar-refractivity contribution in [3.05, 3.63) is 23.0 Å². The second-order valence-corrected chi connectivity index (χ2v) is 6.28. The van der Waals surface area contributed by atoms with Crippen molar-refractivity contribution in [3.63, 3.8) is 0 Å². The Morgan fingerprint density at radius 3 is 2.55 bits per heavy atom. The molecule has 0 saturated heterocycles. The van der Waals surface area contributed by atoms with Gasteiger partial charge in [-0.1, -0.05) is 19.3 Å². The van der Waals surface area contributed by atoms with Gasteiger partial charge in [0.2, 0.25) is 0 Å². The molecule has 1 amide bonds. The van der Waals surface area contributed by atoms with E-state index in [1.165, 1.54) is 37.8 Å². The lowest BCUT2D eigenvalue weighted by Crippen LogP contribution is -2.33. The summed E-state index contributed by atoms with van der Waals surface area (Å²) in [5, 5.41) is 3.09. The van der Waals surface area contributed by atoms with Crippen LogP contribution in [-0.2, 0) is 0 Å². The van der Waals surface area contributed by atoms with Gasteiger partial charge >= 0.3 is 0 Å². The molecule has 1 heterocycles. The van der Waals surface area contributed by atoms with Crippen LogP contribution >= 0.6 is 12.4 Å². The topological polar surface area (TPSA) is 37.3 Å². The van der Waals surface area contributed by atoms with E-state index in [1.807, 2.05) is 19.0 Å². The summed E-state index contributed by atoms with van der Waals surface area (Å²) < 4.78 is 2.40. The summed E-state index contributed by atoms with van der Waals surface area (Å²) in [4.78, 5) is 14.4. The van der Waals surface area contributed by atoms with Crippen LogP contribution in [0.25, 0.3) is 0 Å². The molecule has 0 spiro atoms. The van der Waals surface area contributed by atoms with Gasteiger partial charge in [-0.2, -0.15) is 0 Å². The quantitative estimate of drug-likeness (QED) is 0.900. The van der Waals surface area contributed by atoms with Gasteiger partial charge in [0.25, 0.3) is 5.91 Å². The first-order chi connectivity index (χ1) is 10.1. The van der Waals surface area contributed by atoms with Crippen molar-refractivity contribution < 1.29 is 4.79 Å². The van der Waals surface area contributed by atoms with E-state index in [9.17, 15) is 4.79 Å². The van der Waals surface area contributed by atoms with Gasteiger partial charge in [-0.15, -0.1) is 12.4 Å². The zero-order valence-corrected chi connectivity index (χ0v) is 15.1. The van der Waals surface area contributed by atoms with Crippen molar-refractivity contribution in [2.45, 2.75) is 52.0 Å². The largest absolute Gasteiger partial charge is 0.345 e. The van der Waals surface area contributed by atoms with Gasteiger partial charge in [-0.25, -0.2) is 0 Å². The van der Waals surface area contributed by atoms with E-state index in [4.69, 9.17) is 0 Å². The molecule has 1 aromatic rings. The number of carbonyl (C=O) groups is 1. The van der Waals surface area contributed by atoms with Crippen molar-refractivity contribution in [1.82, 2.24) is 14.8 Å². The average Bonchev–Trinajstić information content (AvgIpc) is 2.79. The molecule has 1 fully saturated rings. The zero-order valence-electron chi connectivity index (χ0n) is 14.3. The Bertz CT molecular complexity index is 492. The van der Waals surface area contributed by atoms with E-state index >= 15 is 0 Å². The number of nitrogens with zero attached hydrogens (tertiary/aromatic N) is 2. The molecule has 1 aliphatic carbocycles. The fraction of sp³-hybridized carbons (Fsp3) is 0.706. The molecule has 126 valence electrons. The van der Waals surface area contributed by atoms with Crippen molar-refractivity contribution >= 4 is 18.3 Å². The zero-order chi connectivity index (χ0) is 15.4. The molecule has 5 heteroatoms. The highest BCUT2D eigenvalue weighted by molar-refractivity contribution is 5.95. The van der Waals surface area contributed by atoms with Crippen LogP contribution in [0, 0.1) is 13.8 Å². The molecular formula is C17H30ClN3O. The highest BCUT2D eigenvalue weighted by Crippen LogP contribution is 2.32. The maximum Gasteiger partial charge on any atom is 0.255 e. The Hall–Kier alpha value is -1.00. The summed E-state index contributed by atoms with van der Waals surface area (Å²) in [5.41, 5.74) is 3.24. The predicted octanol–water partition coefficient (Wildman–Crippen LogP) is 3.32. The van der Waals surface area contributed by atoms with Crippen molar-refractivity contribution in [2.75, 3.05) is 27.2 Å². The van der Waals surface area contributed by atoms with E-state index in [0.29, 0.717) is 6.04 Å². The third-order valence-electron chi connectivity index (χ3n) is 4.70. The van der Waals surface area contributed by atoms with Gasteiger partial charge in [-0.3, -0.25) is 4.79 Å². The maximum absolute atomic E-state index is 12.6. The van der Waals surface area contributed by atoms with Gasteiger partial charge in [0.15, 0.2) is 0 Å². The van der Waals surface area contributed by atoms with Crippen molar-refractivity contribution in [2.24, 2.45) is 0 Å². The molecule has 4 nitrogen and oxygen atoms in total. The van der Waals surface area contributed by atoms with Crippen LogP contribution in [0.1, 0.15) is 59.9 Å². The molecule has 1 aliphatic rings. The predicted molar refractivity (Wildman–Crippen MR) is 94.2 cm³/mol. The van der Waals surface area contributed by atoms with Crippen LogP contribution in [0.4, 0.5) is 0 Å². The molecule has 0 aromatic carbocycles. The third kappa shape index (κ3) is 4.05. The first-order valence-corrected chi connectivity index (χ1v) is 8.14. The lowest BCUT2D eigenvalue weighted by atomic mass is 9.95. The Labute approximate surface area is 140 Å². The summed E-state index contributed by atoms with van der Waals surface area (Å²) in [6, 6.07) is 2.66. The lowest BCUT2D eigenvalue weighted by Gasteiger charge is -2.26. The van der Waals surface area contributed by atoms with Gasteiger partial charge in [0.1, 0.15) is 0 Å². The fourth-order valence-corrected chi connectivity index (χ4v) is 3.48. The maximum atomic E-state index is 12.6. The molecule has 0 atom stereocenters. The number of carbonyl (C=O) groups excluding carboxylic acids is 1. The third-order valence-corrected chi connectivity index (χ3v) is 4.70. The van der Waals surface area contributed by atoms with E-state index in [0.717, 1.165) is 24.3 Å². The van der Waals surface area contributed by atoms with Gasteiger partial charge in [0.05, 0.1) is 5.56 Å². The number of nitrogens with one attached hydrogen (secondary N) is 1. The average molecular weight is 328 g/mol. The number of rotatable bonds is 5. The van der Waals surface area contributed by atoms with E-state index in [2.05, 4.69) is 29.8 Å². The number of aryl methyl sites for hydroxylation is 1. The highest BCUT2D eigenvalue weighted by Gasteiger charge is 2.23. The smallest absolute Gasteiger partial charge is 0.255 e. The summed E-state index contributed by atoms with van der Waals surface area (Å²) in [5.74, 6) is 0.139. The van der Waals surface area contributed by atoms with Gasteiger partial charge < -0.3 is 14.8 Å². The molecule has 1 saturated carbocycles. The van der Waals surface area contributed by atoms with E-state index < -0.39 is 0 Å². The Morgan fingerprint density at radius 1 is 1.32 bits per heavy atom. The SMILES string of the molecule is CNCCN(C)C(=O)c1cc(C)n(C2CCCCC2)c1C.Cl. The molecule has 2 rings (SSSR count). The fourth-order valence-electron chi connectivity index (χ4n) is 3.48. The minimum absolute atomic E-state index is 0. The van der Waals surface area contributed by atoms with Crippen LogP contribution in [0.5, 0.6) is 0 Å². The second-order valence-electron chi connectivity index (χ2n) is 6.28. The molecule has 1 N–H and O–H groups in total. The number of likely N-dealkylation sites (N-methyl/N-ethyl adjacent to an activating group) is 2. The molecule has 0 radical (unpaired) electrons. The van der Waals surface area contributed by atoms with Crippen LogP contribution in [0.15, 0.2) is 6.07 Å². The molecule has 0 aliphatic heterocycles. The minimum Gasteiger partial charge on any atom is -0.345 e. The first kappa shape index (κ1) is 19.0. The minimum atomic E-state index is 0. The number of aromatic nitrogens is 1. The molecule has 0 bridgehead atoms. The van der Waals surface area contributed by atoms with Crippen LogP contribution < -0.4 is 5.32 Å². The second kappa shape index (κ2) is 8.59. The first-order valence-electron chi connectivity index (χ1n) is 8.14. The van der Waals surface area contributed by atoms with Crippen LogP contribution in [0.3, 0.4) is 0 Å². The van der Waals surface area contributed by atoms with Gasteiger partial charge in [0, 0.05) is 37.6 Å². The number of amides is 1. The highest BCUT2D eigenvalue weighted by atomic mass is 35.5. The summed E-state index contributed by atoms with van der Waals surface area (Å²) >= 11 is 0. The summed E-state index contributed by atoms with van der Waals surface area (Å²) in [6.07, 6.45) is 6.48. The van der Waals surface area contributed by atoms with Gasteiger partial charge in [-0.05, 0) is 39.8 Å². The standard InChI is InChI=1S/C17H29N3O.ClH/c1-13-12-16(17(21)19(4)11-10-18-3)14(2)20(13)15-8-6-5-7-9-15;/h12,15,18H,5-11H2,1-4H3;1H. The molecule has 1 aromatic heterocycles. The van der Waals surface area contributed by atoms with E-state index in [-0.39, 0.29) is 18.3 Å². The lowest BCUT2D eigenvalue weighted by molar-refractivity contribution is 0.0796. The van der Waals surface area contributed by atoms with Crippen molar-refractivity contribution in [3.8, 4) is 0 Å². The summed E-state index contributed by atoms with van der Waals surface area (Å²) in [7, 11) is 3.79. The Morgan fingerprint density at radius 2 is 1.95 bits per heavy atom. The van der Waals surface area contributed by atoms with Crippen LogP contribution in [0.2, 0.25) is 0 Å². The number of halogens is 1. The molecule has 22 heavy (non-hydrogen) atoms. The number of hydrogen-bond acceptors (Lipinski definition) is 2. The molecular weight excluding hydrogens is 298 g/mol. The summed E-state index contributed by atoms with van der Waals surface area (Å²) in [6.45, 7) is 5.79. The Kier molecular flexibility index (Phi) is 7.43. The van der Waals surface area contributed by atoms with Crippen LogP contribution in [-0.4, -0.2) is 42.6 Å². The Balaban J connectivity index is 0.00000242. The normalized spacial score (nSPS) is 15.5. The van der Waals surface area contributed by atoms with E-state index in [1.54, 1.807) is 0 Å². The monoisotopic (exact) mass is 327 g/mol.